The lowest BCUT2D eigenvalue weighted by atomic mass is 9.63. The number of nitrogens with zero attached hydrogens (tertiary/aromatic N) is 1. The van der Waals surface area contributed by atoms with Gasteiger partial charge in [0.1, 0.15) is 16.8 Å². The minimum atomic E-state index is -1.72. The molecular weight excluding hydrogens is 522 g/mol. The first kappa shape index (κ1) is 22.7. The highest BCUT2D eigenvalue weighted by Gasteiger charge is 2.62. The van der Waals surface area contributed by atoms with Gasteiger partial charge in [0.2, 0.25) is 5.91 Å². The van der Waals surface area contributed by atoms with Crippen molar-refractivity contribution in [2.24, 2.45) is 5.73 Å². The Morgan fingerprint density at radius 2 is 1.97 bits per heavy atom. The van der Waals surface area contributed by atoms with Crippen LogP contribution in [0.1, 0.15) is 30.4 Å². The number of esters is 1. The second-order valence-electron chi connectivity index (χ2n) is 8.51. The van der Waals surface area contributed by atoms with Crippen LogP contribution >= 0.6 is 27.5 Å². The third-order valence-electron chi connectivity index (χ3n) is 6.68. The van der Waals surface area contributed by atoms with Crippen molar-refractivity contribution >= 4 is 56.6 Å². The first-order valence-electron chi connectivity index (χ1n) is 10.7. The van der Waals surface area contributed by atoms with Crippen LogP contribution in [0.5, 0.6) is 0 Å². The Kier molecular flexibility index (Phi) is 5.33. The monoisotopic (exact) mass is 541 g/mol. The molecule has 1 unspecified atom stereocenters. The maximum atomic E-state index is 13.8. The number of carbonyl (C=O) groups is 3. The summed E-state index contributed by atoms with van der Waals surface area (Å²) in [7, 11) is 1.23. The van der Waals surface area contributed by atoms with Crippen molar-refractivity contribution in [2.45, 2.75) is 31.6 Å². The number of carbonyl (C=O) groups excluding carboxylic acids is 3. The average Bonchev–Trinajstić information content (AvgIpc) is 3.07. The fourth-order valence-corrected chi connectivity index (χ4v) is 5.81. The number of hydrogen-bond acceptors (Lipinski definition) is 6. The largest absolute Gasteiger partial charge is 0.466 e. The number of fused-ring (bicyclic) bond motifs is 3. The molecule has 1 aliphatic carbocycles. The molecule has 5 rings (SSSR count). The SMILES string of the molecule is COC(=O)C1=C(N)N(c2cc(Cl)ccc2C)C2=C(C(=O)CCC2)C12C(=O)Nc1ccc(Br)cc12. The molecule has 0 saturated heterocycles. The molecule has 2 aliphatic heterocycles. The molecule has 9 heteroatoms. The van der Waals surface area contributed by atoms with Crippen molar-refractivity contribution < 1.29 is 19.1 Å². The van der Waals surface area contributed by atoms with Gasteiger partial charge in [-0.2, -0.15) is 0 Å². The van der Waals surface area contributed by atoms with Crippen LogP contribution in [0, 0.1) is 6.92 Å². The van der Waals surface area contributed by atoms with Gasteiger partial charge in [-0.05, 0) is 55.7 Å². The number of Topliss-reactive ketones (excluding diaryl/α,β-unsaturated/α-hetero) is 1. The fraction of sp³-hybridized carbons (Fsp3) is 0.240. The molecule has 1 atom stereocenters. The molecule has 2 heterocycles. The molecule has 34 heavy (non-hydrogen) atoms. The Labute approximate surface area is 209 Å². The number of allylic oxidation sites excluding steroid dienone is 1. The van der Waals surface area contributed by atoms with E-state index in [-0.39, 0.29) is 29.2 Å². The number of nitrogens with two attached hydrogens (primary N) is 1. The van der Waals surface area contributed by atoms with Gasteiger partial charge in [0, 0.05) is 38.4 Å². The number of ether oxygens (including phenoxy) is 1. The summed E-state index contributed by atoms with van der Waals surface area (Å²) in [5, 5.41) is 3.34. The Balaban J connectivity index is 1.94. The van der Waals surface area contributed by atoms with Gasteiger partial charge in [-0.3, -0.25) is 14.5 Å². The van der Waals surface area contributed by atoms with E-state index in [0.29, 0.717) is 45.0 Å². The van der Waals surface area contributed by atoms with Crippen molar-refractivity contribution in [3.63, 3.8) is 0 Å². The van der Waals surface area contributed by atoms with E-state index in [9.17, 15) is 14.4 Å². The molecular formula is C25H21BrClN3O4. The lowest BCUT2D eigenvalue weighted by Gasteiger charge is -2.44. The Bertz CT molecular complexity index is 1370. The van der Waals surface area contributed by atoms with Gasteiger partial charge in [0.05, 0.1) is 12.8 Å². The summed E-state index contributed by atoms with van der Waals surface area (Å²) in [6.07, 6.45) is 1.35. The summed E-state index contributed by atoms with van der Waals surface area (Å²) in [6, 6.07) is 10.6. The van der Waals surface area contributed by atoms with Crippen LogP contribution in [0.25, 0.3) is 0 Å². The van der Waals surface area contributed by atoms with E-state index in [1.165, 1.54) is 7.11 Å². The predicted octanol–water partition coefficient (Wildman–Crippen LogP) is 4.47. The number of halogens is 2. The summed E-state index contributed by atoms with van der Waals surface area (Å²) in [4.78, 5) is 42.5. The number of ketones is 1. The summed E-state index contributed by atoms with van der Waals surface area (Å²) < 4.78 is 5.84. The van der Waals surface area contributed by atoms with E-state index in [0.717, 1.165) is 5.56 Å². The van der Waals surface area contributed by atoms with Gasteiger partial charge < -0.3 is 15.8 Å². The average molecular weight is 543 g/mol. The smallest absolute Gasteiger partial charge is 0.339 e. The minimum Gasteiger partial charge on any atom is -0.466 e. The summed E-state index contributed by atoms with van der Waals surface area (Å²) in [5.74, 6) is -1.46. The molecule has 7 nitrogen and oxygen atoms in total. The van der Waals surface area contributed by atoms with Crippen LogP contribution in [0.4, 0.5) is 11.4 Å². The highest BCUT2D eigenvalue weighted by molar-refractivity contribution is 9.10. The van der Waals surface area contributed by atoms with E-state index in [2.05, 4.69) is 21.2 Å². The van der Waals surface area contributed by atoms with E-state index in [4.69, 9.17) is 22.1 Å². The van der Waals surface area contributed by atoms with Gasteiger partial charge in [0.25, 0.3) is 0 Å². The van der Waals surface area contributed by atoms with Crippen molar-refractivity contribution in [1.29, 1.82) is 0 Å². The van der Waals surface area contributed by atoms with Crippen molar-refractivity contribution in [2.75, 3.05) is 17.3 Å². The Hall–Kier alpha value is -3.10. The highest BCUT2D eigenvalue weighted by Crippen LogP contribution is 2.56. The molecule has 3 N–H and O–H groups in total. The van der Waals surface area contributed by atoms with Crippen LogP contribution in [-0.2, 0) is 24.5 Å². The van der Waals surface area contributed by atoms with Gasteiger partial charge in [-0.15, -0.1) is 0 Å². The van der Waals surface area contributed by atoms with Gasteiger partial charge in [0.15, 0.2) is 5.78 Å². The molecule has 0 saturated carbocycles. The molecule has 0 radical (unpaired) electrons. The maximum absolute atomic E-state index is 13.8. The first-order valence-corrected chi connectivity index (χ1v) is 11.9. The number of amides is 1. The Morgan fingerprint density at radius 1 is 1.21 bits per heavy atom. The molecule has 2 aromatic carbocycles. The fourth-order valence-electron chi connectivity index (χ4n) is 5.28. The van der Waals surface area contributed by atoms with Crippen molar-refractivity contribution in [3.8, 4) is 0 Å². The third kappa shape index (κ3) is 2.98. The summed E-state index contributed by atoms with van der Waals surface area (Å²) >= 11 is 9.78. The molecule has 2 aromatic rings. The maximum Gasteiger partial charge on any atom is 0.339 e. The first-order chi connectivity index (χ1) is 16.2. The van der Waals surface area contributed by atoms with Crippen LogP contribution < -0.4 is 16.0 Å². The molecule has 0 fully saturated rings. The van der Waals surface area contributed by atoms with Gasteiger partial charge in [-0.1, -0.05) is 33.6 Å². The normalized spacial score (nSPS) is 21.6. The second-order valence-corrected chi connectivity index (χ2v) is 9.86. The van der Waals surface area contributed by atoms with Crippen molar-refractivity contribution in [3.05, 3.63) is 79.7 Å². The van der Waals surface area contributed by atoms with Crippen LogP contribution in [0.2, 0.25) is 5.02 Å². The number of rotatable bonds is 2. The Morgan fingerprint density at radius 3 is 2.71 bits per heavy atom. The van der Waals surface area contributed by atoms with E-state index in [1.54, 1.807) is 35.2 Å². The molecule has 0 bridgehead atoms. The van der Waals surface area contributed by atoms with Crippen molar-refractivity contribution in [1.82, 2.24) is 0 Å². The zero-order valence-electron chi connectivity index (χ0n) is 18.5. The van der Waals surface area contributed by atoms with E-state index < -0.39 is 17.3 Å². The number of hydrogen-bond donors (Lipinski definition) is 2. The molecule has 174 valence electrons. The summed E-state index contributed by atoms with van der Waals surface area (Å²) in [5.41, 5.74) is 8.26. The molecule has 1 spiro atoms. The standard InChI is InChI=1S/C25H21BrClN3O4/c1-12-6-8-14(27)11-18(12)30-17-4-3-5-19(31)20(17)25(21(22(30)28)23(32)34-2)15-10-13(26)7-9-16(15)29-24(25)33/h6-11H,3-5,28H2,1-2H3,(H,29,33). The summed E-state index contributed by atoms with van der Waals surface area (Å²) in [6.45, 7) is 1.89. The number of aryl methyl sites for hydroxylation is 1. The molecule has 1 amide bonds. The zero-order chi connectivity index (χ0) is 24.4. The van der Waals surface area contributed by atoms with Crippen LogP contribution in [-0.4, -0.2) is 24.8 Å². The zero-order valence-corrected chi connectivity index (χ0v) is 20.8. The lowest BCUT2D eigenvalue weighted by Crippen LogP contribution is -2.53. The number of benzene rings is 2. The second kappa shape index (κ2) is 7.99. The molecule has 3 aliphatic rings. The minimum absolute atomic E-state index is 0.0358. The van der Waals surface area contributed by atoms with Gasteiger partial charge >= 0.3 is 5.97 Å². The van der Waals surface area contributed by atoms with Crippen LogP contribution in [0.15, 0.2) is 63.5 Å². The topological polar surface area (TPSA) is 102 Å². The quantitative estimate of drug-likeness (QED) is 0.543. The van der Waals surface area contributed by atoms with E-state index in [1.807, 2.05) is 13.0 Å². The predicted molar refractivity (Wildman–Crippen MR) is 132 cm³/mol. The third-order valence-corrected chi connectivity index (χ3v) is 7.41. The number of methoxy groups -OCH3 is 1. The van der Waals surface area contributed by atoms with Gasteiger partial charge in [-0.25, -0.2) is 4.79 Å². The number of anilines is 2. The number of nitrogens with one attached hydrogen (secondary N) is 1. The lowest BCUT2D eigenvalue weighted by molar-refractivity contribution is -0.138. The van der Waals surface area contributed by atoms with Crippen LogP contribution in [0.3, 0.4) is 0 Å². The highest BCUT2D eigenvalue weighted by atomic mass is 79.9. The molecule has 0 aromatic heterocycles. The van der Waals surface area contributed by atoms with E-state index >= 15 is 0 Å².